The highest BCUT2D eigenvalue weighted by atomic mass is 35.5. The van der Waals surface area contributed by atoms with Gasteiger partial charge in [-0.05, 0) is 113 Å². The standard InChI is InChI=1S/C50H54ClN7O4S/c1-7-25-57(26-8-2)45(59)31-42-47(32-15-17-33(51)18-16-32)54-48-41(14-13-27-58(42)48)53-50(63)52-34-19-22-37(40(28-34)49(60)61)46-38-23-20-35(55(9-3)10-4)29-43(38)62-44-30-36(21-24-39(44)46)56(11-5)12-6/h13-24,27-30H,7-12,25-26,31H2,1-6H3,(H2,53,60,61,63)/p+1. The van der Waals surface area contributed by atoms with Crippen molar-refractivity contribution in [1.29, 1.82) is 0 Å². The summed E-state index contributed by atoms with van der Waals surface area (Å²) in [5.41, 5.74) is 7.88. The summed E-state index contributed by atoms with van der Waals surface area (Å²) in [5, 5.41) is 20.0. The molecule has 0 saturated heterocycles. The van der Waals surface area contributed by atoms with Crippen LogP contribution in [0.4, 0.5) is 17.1 Å². The molecule has 0 unspecified atom stereocenters. The lowest BCUT2D eigenvalue weighted by Crippen LogP contribution is -2.34. The predicted molar refractivity (Wildman–Crippen MR) is 261 cm³/mol. The second-order valence-corrected chi connectivity index (χ2v) is 16.3. The van der Waals surface area contributed by atoms with Crippen molar-refractivity contribution in [2.45, 2.75) is 60.8 Å². The summed E-state index contributed by atoms with van der Waals surface area (Å²) in [6.07, 6.45) is 3.78. The van der Waals surface area contributed by atoms with Gasteiger partial charge in [0.2, 0.25) is 11.3 Å². The molecule has 0 spiro atoms. The number of amides is 1. The van der Waals surface area contributed by atoms with E-state index < -0.39 is 5.97 Å². The molecule has 0 fully saturated rings. The molecule has 2 aliphatic rings. The second-order valence-electron chi connectivity index (χ2n) is 15.4. The summed E-state index contributed by atoms with van der Waals surface area (Å²) in [6.45, 7) is 17.3. The zero-order valence-electron chi connectivity index (χ0n) is 36.8. The van der Waals surface area contributed by atoms with Gasteiger partial charge in [0.25, 0.3) is 0 Å². The number of fused-ring (bicyclic) bond motifs is 3. The molecule has 0 atom stereocenters. The van der Waals surface area contributed by atoms with E-state index in [1.54, 1.807) is 6.07 Å². The highest BCUT2D eigenvalue weighted by molar-refractivity contribution is 7.80. The summed E-state index contributed by atoms with van der Waals surface area (Å²) in [6, 6.07) is 28.7. The average Bonchev–Trinajstić information content (AvgIpc) is 3.65. The average molecular weight is 886 g/mol. The number of carboxylic acid groups (broad SMARTS) is 1. The monoisotopic (exact) mass is 884 g/mol. The molecule has 5 aromatic rings. The Bertz CT molecular complexity index is 2840. The minimum absolute atomic E-state index is 0.0311. The number of carbonyl (C=O) groups excluding carboxylic acids is 1. The maximum Gasteiger partial charge on any atom is 0.336 e. The molecule has 0 saturated carbocycles. The maximum absolute atomic E-state index is 13.7. The molecule has 3 N–H and O–H groups in total. The molecule has 7 rings (SSSR count). The molecule has 1 aliphatic carbocycles. The number of imidazole rings is 1. The summed E-state index contributed by atoms with van der Waals surface area (Å²) < 4.78 is 10.8. The van der Waals surface area contributed by atoms with Crippen LogP contribution in [-0.4, -0.2) is 75.6 Å². The lowest BCUT2D eigenvalue weighted by molar-refractivity contribution is -0.130. The van der Waals surface area contributed by atoms with E-state index in [-0.39, 0.29) is 23.0 Å². The first-order chi connectivity index (χ1) is 30.5. The Kier molecular flexibility index (Phi) is 14.1. The number of anilines is 3. The number of nitrogens with one attached hydrogen (secondary N) is 2. The molecule has 0 radical (unpaired) electrons. The molecule has 2 aromatic heterocycles. The number of carbonyl (C=O) groups is 2. The van der Waals surface area contributed by atoms with Gasteiger partial charge >= 0.3 is 5.97 Å². The number of aromatic nitrogens is 2. The minimum Gasteiger partial charge on any atom is -0.478 e. The fourth-order valence-corrected chi connectivity index (χ4v) is 8.76. The van der Waals surface area contributed by atoms with Gasteiger partial charge in [-0.2, -0.15) is 0 Å². The van der Waals surface area contributed by atoms with E-state index in [0.29, 0.717) is 57.7 Å². The van der Waals surface area contributed by atoms with Gasteiger partial charge in [-0.25, -0.2) is 14.4 Å². The number of hydrogen-bond acceptors (Lipinski definition) is 6. The fraction of sp³-hybridized carbons (Fsp3) is 0.300. The van der Waals surface area contributed by atoms with Gasteiger partial charge in [0.1, 0.15) is 24.4 Å². The quantitative estimate of drug-likeness (QED) is 0.0495. The van der Waals surface area contributed by atoms with E-state index >= 15 is 0 Å². The van der Waals surface area contributed by atoms with Crippen molar-refractivity contribution < 1.29 is 19.1 Å². The molecule has 1 aliphatic heterocycles. The zero-order chi connectivity index (χ0) is 44.8. The third-order valence-corrected chi connectivity index (χ3v) is 12.0. The van der Waals surface area contributed by atoms with E-state index in [1.807, 2.05) is 88.3 Å². The highest BCUT2D eigenvalue weighted by Crippen LogP contribution is 2.43. The van der Waals surface area contributed by atoms with E-state index in [4.69, 9.17) is 33.2 Å². The van der Waals surface area contributed by atoms with Crippen LogP contribution in [0.2, 0.25) is 5.02 Å². The van der Waals surface area contributed by atoms with Crippen LogP contribution in [0.15, 0.2) is 102 Å². The molecule has 11 nitrogen and oxygen atoms in total. The number of thiocarbonyl (C=S) groups is 1. The van der Waals surface area contributed by atoms with Gasteiger partial charge in [-0.3, -0.25) is 4.79 Å². The fourth-order valence-electron chi connectivity index (χ4n) is 8.41. The van der Waals surface area contributed by atoms with Crippen molar-refractivity contribution >= 4 is 74.5 Å². The summed E-state index contributed by atoms with van der Waals surface area (Å²) >= 11 is 12.1. The Balaban J connectivity index is 1.26. The SMILES string of the molecule is CCCN(CCC)C(=O)Cc1c(-c2ccc(Cl)cc2)nc2c(NC(=S)Nc3ccc(-c4c5ccc(=[N+](CC)CC)cc-5oc5cc(N(CC)CC)ccc45)c(C(=O)O)c3)cccn12. The molecule has 3 heterocycles. The molecule has 0 bridgehead atoms. The van der Waals surface area contributed by atoms with Crippen LogP contribution in [0, 0.1) is 0 Å². The van der Waals surface area contributed by atoms with Gasteiger partial charge in [-0.1, -0.05) is 43.6 Å². The summed E-state index contributed by atoms with van der Waals surface area (Å²) in [5.74, 6) is -0.380. The van der Waals surface area contributed by atoms with Crippen molar-refractivity contribution in [1.82, 2.24) is 18.9 Å². The predicted octanol–water partition coefficient (Wildman–Crippen LogP) is 10.5. The van der Waals surface area contributed by atoms with E-state index in [1.165, 1.54) is 0 Å². The van der Waals surface area contributed by atoms with Crippen LogP contribution in [0.25, 0.3) is 50.3 Å². The van der Waals surface area contributed by atoms with Crippen LogP contribution >= 0.6 is 23.8 Å². The van der Waals surface area contributed by atoms with Crippen LogP contribution in [-0.2, 0) is 11.2 Å². The topological polar surface area (TPSA) is 118 Å². The Morgan fingerprint density at radius 2 is 1.57 bits per heavy atom. The molecular weight excluding hydrogens is 830 g/mol. The van der Waals surface area contributed by atoms with Crippen LogP contribution < -0.4 is 25.5 Å². The normalized spacial score (nSPS) is 11.3. The van der Waals surface area contributed by atoms with Crippen LogP contribution in [0.1, 0.15) is 70.4 Å². The first-order valence-corrected chi connectivity index (χ1v) is 22.6. The third-order valence-electron chi connectivity index (χ3n) is 11.5. The summed E-state index contributed by atoms with van der Waals surface area (Å²) in [7, 11) is 0. The number of carboxylic acids is 1. The molecule has 63 heavy (non-hydrogen) atoms. The Morgan fingerprint density at radius 1 is 0.857 bits per heavy atom. The maximum atomic E-state index is 13.7. The zero-order valence-corrected chi connectivity index (χ0v) is 38.4. The van der Waals surface area contributed by atoms with Crippen molar-refractivity contribution in [3.63, 3.8) is 0 Å². The van der Waals surface area contributed by atoms with Crippen molar-refractivity contribution in [2.75, 3.05) is 54.8 Å². The molecule has 326 valence electrons. The van der Waals surface area contributed by atoms with Gasteiger partial charge in [0.05, 0.1) is 35.1 Å². The van der Waals surface area contributed by atoms with Gasteiger partial charge < -0.3 is 34.4 Å². The van der Waals surface area contributed by atoms with Gasteiger partial charge in [0.15, 0.2) is 10.8 Å². The van der Waals surface area contributed by atoms with E-state index in [0.717, 1.165) is 77.8 Å². The smallest absolute Gasteiger partial charge is 0.336 e. The first-order valence-electron chi connectivity index (χ1n) is 21.8. The highest BCUT2D eigenvalue weighted by Gasteiger charge is 2.25. The number of halogens is 1. The largest absolute Gasteiger partial charge is 0.478 e. The molecule has 3 aromatic carbocycles. The second kappa shape index (κ2) is 19.9. The van der Waals surface area contributed by atoms with Crippen molar-refractivity contribution in [2.24, 2.45) is 0 Å². The Morgan fingerprint density at radius 3 is 2.24 bits per heavy atom. The lowest BCUT2D eigenvalue weighted by Gasteiger charge is -2.22. The third kappa shape index (κ3) is 9.43. The minimum atomic E-state index is -1.08. The summed E-state index contributed by atoms with van der Waals surface area (Å²) in [4.78, 5) is 36.2. The van der Waals surface area contributed by atoms with E-state index in [2.05, 4.69) is 73.8 Å². The number of hydrogen-bond donors (Lipinski definition) is 3. The Hall–Kier alpha value is -6.24. The van der Waals surface area contributed by atoms with Gasteiger partial charge in [0, 0.05) is 83.0 Å². The van der Waals surface area contributed by atoms with Gasteiger partial charge in [-0.15, -0.1) is 0 Å². The first kappa shape index (κ1) is 44.8. The number of benzene rings is 4. The molecule has 1 amide bonds. The van der Waals surface area contributed by atoms with Crippen LogP contribution in [0.3, 0.4) is 0 Å². The number of aromatic carboxylic acids is 1. The molecular formula is C50H55ClN7O4S+. The number of rotatable bonds is 16. The van der Waals surface area contributed by atoms with Crippen molar-refractivity contribution in [3.05, 3.63) is 119 Å². The number of nitrogens with zero attached hydrogens (tertiary/aromatic N) is 5. The van der Waals surface area contributed by atoms with E-state index in [9.17, 15) is 14.7 Å². The van der Waals surface area contributed by atoms with Crippen molar-refractivity contribution in [3.8, 4) is 33.7 Å². The lowest BCUT2D eigenvalue weighted by atomic mass is 9.90. The van der Waals surface area contributed by atoms with Crippen LogP contribution in [0.5, 0.6) is 0 Å². The molecule has 13 heteroatoms. The number of pyridine rings is 1. The Labute approximate surface area is 379 Å².